The van der Waals surface area contributed by atoms with Crippen LogP contribution >= 0.6 is 0 Å². The Labute approximate surface area is 151 Å². The first-order valence-electron chi connectivity index (χ1n) is 8.75. The Morgan fingerprint density at radius 3 is 2.73 bits per heavy atom. The standard InChI is InChI=1S/C19H20FN3O3/c1-12-16-6-7-17(24)23(10-15-11-25-8-9-26-15)19(16)22-18(21-12)13-2-4-14(20)5-3-13/h2-5,15H,6-11H2,1H3. The molecule has 0 aliphatic carbocycles. The number of carbonyl (C=O) groups is 1. The minimum atomic E-state index is -0.310. The van der Waals surface area contributed by atoms with Crippen LogP contribution in [0.5, 0.6) is 0 Å². The Morgan fingerprint density at radius 1 is 1.19 bits per heavy atom. The number of anilines is 1. The van der Waals surface area contributed by atoms with E-state index < -0.39 is 0 Å². The van der Waals surface area contributed by atoms with Gasteiger partial charge in [0.1, 0.15) is 11.6 Å². The first-order valence-corrected chi connectivity index (χ1v) is 8.75. The van der Waals surface area contributed by atoms with E-state index in [0.29, 0.717) is 56.4 Å². The number of ether oxygens (including phenoxy) is 2. The zero-order chi connectivity index (χ0) is 18.1. The summed E-state index contributed by atoms with van der Waals surface area (Å²) in [6.07, 6.45) is 0.895. The van der Waals surface area contributed by atoms with E-state index in [1.54, 1.807) is 17.0 Å². The summed E-state index contributed by atoms with van der Waals surface area (Å²) in [7, 11) is 0. The molecule has 136 valence electrons. The van der Waals surface area contributed by atoms with E-state index in [0.717, 1.165) is 11.3 Å². The lowest BCUT2D eigenvalue weighted by Gasteiger charge is -2.33. The predicted molar refractivity (Wildman–Crippen MR) is 93.4 cm³/mol. The van der Waals surface area contributed by atoms with Crippen LogP contribution in [-0.2, 0) is 20.7 Å². The van der Waals surface area contributed by atoms with E-state index in [1.165, 1.54) is 12.1 Å². The van der Waals surface area contributed by atoms with Gasteiger partial charge < -0.3 is 9.47 Å². The van der Waals surface area contributed by atoms with Gasteiger partial charge in [0.2, 0.25) is 5.91 Å². The van der Waals surface area contributed by atoms with Gasteiger partial charge in [-0.2, -0.15) is 0 Å². The fraction of sp³-hybridized carbons (Fsp3) is 0.421. The van der Waals surface area contributed by atoms with E-state index in [2.05, 4.69) is 9.97 Å². The van der Waals surface area contributed by atoms with Gasteiger partial charge in [0.05, 0.1) is 32.5 Å². The molecule has 0 N–H and O–H groups in total. The van der Waals surface area contributed by atoms with E-state index in [9.17, 15) is 9.18 Å². The van der Waals surface area contributed by atoms with E-state index >= 15 is 0 Å². The van der Waals surface area contributed by atoms with Crippen LogP contribution in [0.25, 0.3) is 11.4 Å². The van der Waals surface area contributed by atoms with Crippen molar-refractivity contribution in [2.75, 3.05) is 31.3 Å². The highest BCUT2D eigenvalue weighted by atomic mass is 19.1. The molecular formula is C19H20FN3O3. The second kappa shape index (κ2) is 7.09. The number of nitrogens with zero attached hydrogens (tertiary/aromatic N) is 3. The molecule has 26 heavy (non-hydrogen) atoms. The van der Waals surface area contributed by atoms with Crippen LogP contribution in [0.15, 0.2) is 24.3 Å². The zero-order valence-corrected chi connectivity index (χ0v) is 14.6. The van der Waals surface area contributed by atoms with Gasteiger partial charge in [0, 0.05) is 23.2 Å². The number of benzene rings is 1. The summed E-state index contributed by atoms with van der Waals surface area (Å²) >= 11 is 0. The predicted octanol–water partition coefficient (Wildman–Crippen LogP) is 2.29. The third kappa shape index (κ3) is 3.32. The largest absolute Gasteiger partial charge is 0.376 e. The van der Waals surface area contributed by atoms with Crippen molar-refractivity contribution in [3.63, 3.8) is 0 Å². The molecule has 0 radical (unpaired) electrons. The summed E-state index contributed by atoms with van der Waals surface area (Å²) in [5.74, 6) is 0.827. The molecule has 1 aromatic heterocycles. The second-order valence-electron chi connectivity index (χ2n) is 6.51. The summed E-state index contributed by atoms with van der Waals surface area (Å²) in [5, 5.41) is 0. The molecule has 7 heteroatoms. The van der Waals surface area contributed by atoms with Crippen LogP contribution in [-0.4, -0.2) is 48.3 Å². The number of halogens is 1. The quantitative estimate of drug-likeness (QED) is 0.843. The molecule has 4 rings (SSSR count). The van der Waals surface area contributed by atoms with E-state index in [-0.39, 0.29) is 17.8 Å². The maximum absolute atomic E-state index is 13.2. The second-order valence-corrected chi connectivity index (χ2v) is 6.51. The lowest BCUT2D eigenvalue weighted by Crippen LogP contribution is -2.45. The number of hydrogen-bond donors (Lipinski definition) is 0. The Morgan fingerprint density at radius 2 is 2.00 bits per heavy atom. The van der Waals surface area contributed by atoms with E-state index in [1.807, 2.05) is 6.92 Å². The number of hydrogen-bond acceptors (Lipinski definition) is 5. The highest BCUT2D eigenvalue weighted by Crippen LogP contribution is 2.31. The van der Waals surface area contributed by atoms with Gasteiger partial charge in [-0.1, -0.05) is 0 Å². The van der Waals surface area contributed by atoms with Crippen molar-refractivity contribution >= 4 is 11.7 Å². The van der Waals surface area contributed by atoms with Crippen LogP contribution in [0, 0.1) is 12.7 Å². The molecule has 3 heterocycles. The summed E-state index contributed by atoms with van der Waals surface area (Å²) in [5.41, 5.74) is 2.53. The fourth-order valence-electron chi connectivity index (χ4n) is 3.34. The summed E-state index contributed by atoms with van der Waals surface area (Å²) in [6.45, 7) is 3.90. The molecule has 2 aromatic rings. The minimum Gasteiger partial charge on any atom is -0.376 e. The Bertz CT molecular complexity index is 820. The van der Waals surface area contributed by atoms with Gasteiger partial charge in [0.15, 0.2) is 5.82 Å². The van der Waals surface area contributed by atoms with Gasteiger partial charge in [-0.3, -0.25) is 9.69 Å². The average molecular weight is 357 g/mol. The molecule has 1 saturated heterocycles. The summed E-state index contributed by atoms with van der Waals surface area (Å²) in [4.78, 5) is 23.4. The number of aryl methyl sites for hydroxylation is 1. The topological polar surface area (TPSA) is 64.6 Å². The van der Waals surface area contributed by atoms with Crippen molar-refractivity contribution in [3.05, 3.63) is 41.3 Å². The Kier molecular flexibility index (Phi) is 4.65. The number of fused-ring (bicyclic) bond motifs is 1. The van der Waals surface area contributed by atoms with Crippen molar-refractivity contribution in [1.82, 2.24) is 9.97 Å². The van der Waals surface area contributed by atoms with Gasteiger partial charge in [-0.05, 0) is 37.6 Å². The lowest BCUT2D eigenvalue weighted by atomic mass is 10.0. The smallest absolute Gasteiger partial charge is 0.228 e. The molecule has 1 atom stereocenters. The van der Waals surface area contributed by atoms with Crippen molar-refractivity contribution < 1.29 is 18.7 Å². The van der Waals surface area contributed by atoms with E-state index in [4.69, 9.17) is 9.47 Å². The van der Waals surface area contributed by atoms with Crippen molar-refractivity contribution in [2.24, 2.45) is 0 Å². The van der Waals surface area contributed by atoms with Gasteiger partial charge in [-0.25, -0.2) is 14.4 Å². The first-order chi connectivity index (χ1) is 12.6. The van der Waals surface area contributed by atoms with Crippen LogP contribution in [0.4, 0.5) is 10.2 Å². The van der Waals surface area contributed by atoms with Crippen molar-refractivity contribution in [2.45, 2.75) is 25.9 Å². The number of rotatable bonds is 3. The van der Waals surface area contributed by atoms with Crippen molar-refractivity contribution in [3.8, 4) is 11.4 Å². The molecule has 0 saturated carbocycles. The molecule has 2 aliphatic rings. The number of aromatic nitrogens is 2. The summed E-state index contributed by atoms with van der Waals surface area (Å²) in [6, 6.07) is 6.04. The molecular weight excluding hydrogens is 337 g/mol. The normalized spacial score (nSPS) is 20.2. The number of amides is 1. The molecule has 1 amide bonds. The molecule has 0 bridgehead atoms. The SMILES string of the molecule is Cc1nc(-c2ccc(F)cc2)nc2c1CCC(=O)N2CC1COCCO1. The molecule has 6 nitrogen and oxygen atoms in total. The molecule has 1 fully saturated rings. The molecule has 1 aromatic carbocycles. The molecule has 2 aliphatic heterocycles. The van der Waals surface area contributed by atoms with Gasteiger partial charge in [-0.15, -0.1) is 0 Å². The fourth-order valence-corrected chi connectivity index (χ4v) is 3.34. The van der Waals surface area contributed by atoms with Crippen LogP contribution in [0.1, 0.15) is 17.7 Å². The Hall–Kier alpha value is -2.38. The first kappa shape index (κ1) is 17.1. The van der Waals surface area contributed by atoms with Crippen LogP contribution in [0.3, 0.4) is 0 Å². The Balaban J connectivity index is 1.70. The van der Waals surface area contributed by atoms with Crippen LogP contribution in [0.2, 0.25) is 0 Å². The third-order valence-corrected chi connectivity index (χ3v) is 4.71. The summed E-state index contributed by atoms with van der Waals surface area (Å²) < 4.78 is 24.4. The van der Waals surface area contributed by atoms with Crippen molar-refractivity contribution in [1.29, 1.82) is 0 Å². The maximum Gasteiger partial charge on any atom is 0.228 e. The molecule has 1 unspecified atom stereocenters. The minimum absolute atomic E-state index is 0.0230. The number of carbonyl (C=O) groups excluding carboxylic acids is 1. The molecule has 0 spiro atoms. The third-order valence-electron chi connectivity index (χ3n) is 4.71. The maximum atomic E-state index is 13.2. The highest BCUT2D eigenvalue weighted by Gasteiger charge is 2.31. The van der Waals surface area contributed by atoms with Gasteiger partial charge in [0.25, 0.3) is 0 Å². The lowest BCUT2D eigenvalue weighted by molar-refractivity contribution is -0.121. The highest BCUT2D eigenvalue weighted by molar-refractivity contribution is 5.95. The van der Waals surface area contributed by atoms with Gasteiger partial charge >= 0.3 is 0 Å². The zero-order valence-electron chi connectivity index (χ0n) is 14.6. The monoisotopic (exact) mass is 357 g/mol. The van der Waals surface area contributed by atoms with Crippen LogP contribution < -0.4 is 4.90 Å². The average Bonchev–Trinajstić information content (AvgIpc) is 2.65.